The van der Waals surface area contributed by atoms with E-state index in [2.05, 4.69) is 5.32 Å². The maximum atomic E-state index is 12.1. The highest BCUT2D eigenvalue weighted by Gasteiger charge is 2.38. The van der Waals surface area contributed by atoms with Crippen LogP contribution in [0.1, 0.15) is 12.8 Å². The highest BCUT2D eigenvalue weighted by atomic mass is 16.4. The van der Waals surface area contributed by atoms with Crippen molar-refractivity contribution in [2.45, 2.75) is 12.8 Å². The molecule has 0 radical (unpaired) electrons. The summed E-state index contributed by atoms with van der Waals surface area (Å²) in [6, 6.07) is -0.104. The van der Waals surface area contributed by atoms with Crippen molar-refractivity contribution < 1.29 is 19.5 Å². The predicted octanol–water partition coefficient (Wildman–Crippen LogP) is -0.419. The van der Waals surface area contributed by atoms with E-state index in [1.807, 2.05) is 0 Å². The van der Waals surface area contributed by atoms with E-state index in [1.165, 1.54) is 0 Å². The summed E-state index contributed by atoms with van der Waals surface area (Å²) in [6.07, 6.45) is 1.34. The molecule has 7 nitrogen and oxygen atoms in total. The number of carboxylic acid groups (broad SMARTS) is 1. The largest absolute Gasteiger partial charge is 0.481 e. The smallest absolute Gasteiger partial charge is 0.320 e. The molecule has 2 fully saturated rings. The summed E-state index contributed by atoms with van der Waals surface area (Å²) in [5.74, 6) is -1.26. The molecule has 19 heavy (non-hydrogen) atoms. The van der Waals surface area contributed by atoms with Crippen LogP contribution >= 0.6 is 0 Å². The second kappa shape index (κ2) is 5.46. The average Bonchev–Trinajstić information content (AvgIpc) is 2.35. The first-order valence-electron chi connectivity index (χ1n) is 6.51. The molecule has 2 aliphatic heterocycles. The first-order chi connectivity index (χ1) is 9.02. The lowest BCUT2D eigenvalue weighted by molar-refractivity contribution is -0.146. The number of likely N-dealkylation sites (tertiary alicyclic amines) is 2. The average molecular weight is 269 g/mol. The number of urea groups is 1. The van der Waals surface area contributed by atoms with E-state index in [9.17, 15) is 14.4 Å². The van der Waals surface area contributed by atoms with Gasteiger partial charge in [-0.15, -0.1) is 0 Å². The van der Waals surface area contributed by atoms with Crippen molar-refractivity contribution in [2.75, 3.05) is 33.2 Å². The molecule has 3 amide bonds. The predicted molar refractivity (Wildman–Crippen MR) is 66.5 cm³/mol. The SMILES string of the molecule is CNC(=O)C1CCN(C(=O)N2CC(C(=O)O)C2)CC1. The zero-order valence-corrected chi connectivity index (χ0v) is 11.0. The Bertz CT molecular complexity index is 384. The summed E-state index contributed by atoms with van der Waals surface area (Å²) in [5.41, 5.74) is 0. The van der Waals surface area contributed by atoms with Gasteiger partial charge in [0.1, 0.15) is 0 Å². The normalized spacial score (nSPS) is 20.9. The molecule has 0 aromatic carbocycles. The van der Waals surface area contributed by atoms with Crippen molar-refractivity contribution in [1.82, 2.24) is 15.1 Å². The van der Waals surface area contributed by atoms with Gasteiger partial charge in [-0.05, 0) is 12.8 Å². The summed E-state index contributed by atoms with van der Waals surface area (Å²) < 4.78 is 0. The number of rotatable bonds is 2. The van der Waals surface area contributed by atoms with Gasteiger partial charge in [-0.3, -0.25) is 9.59 Å². The number of carboxylic acids is 1. The fraction of sp³-hybridized carbons (Fsp3) is 0.750. The zero-order chi connectivity index (χ0) is 14.0. The number of aliphatic carboxylic acids is 1. The maximum absolute atomic E-state index is 12.1. The van der Waals surface area contributed by atoms with E-state index in [0.717, 1.165) is 0 Å². The van der Waals surface area contributed by atoms with Crippen LogP contribution in [0.2, 0.25) is 0 Å². The van der Waals surface area contributed by atoms with Gasteiger partial charge in [0.05, 0.1) is 5.92 Å². The number of carbonyl (C=O) groups excluding carboxylic acids is 2. The van der Waals surface area contributed by atoms with Gasteiger partial charge in [0.25, 0.3) is 0 Å². The summed E-state index contributed by atoms with van der Waals surface area (Å²) >= 11 is 0. The van der Waals surface area contributed by atoms with Crippen molar-refractivity contribution in [2.24, 2.45) is 11.8 Å². The molecule has 0 atom stereocenters. The summed E-state index contributed by atoms with van der Waals surface area (Å²) in [5, 5.41) is 11.4. The van der Waals surface area contributed by atoms with Crippen LogP contribution in [0.5, 0.6) is 0 Å². The number of nitrogens with one attached hydrogen (secondary N) is 1. The molecule has 2 saturated heterocycles. The molecule has 2 rings (SSSR count). The summed E-state index contributed by atoms with van der Waals surface area (Å²) in [7, 11) is 1.62. The quantitative estimate of drug-likeness (QED) is 0.712. The standard InChI is InChI=1S/C12H19N3O4/c1-13-10(16)8-2-4-14(5-3-8)12(19)15-6-9(7-15)11(17)18/h8-9H,2-7H2,1H3,(H,13,16)(H,17,18). The van der Waals surface area contributed by atoms with Crippen LogP contribution in [-0.4, -0.2) is 66.0 Å². The first-order valence-corrected chi connectivity index (χ1v) is 6.51. The Morgan fingerprint density at radius 3 is 2.11 bits per heavy atom. The van der Waals surface area contributed by atoms with E-state index in [1.54, 1.807) is 16.8 Å². The van der Waals surface area contributed by atoms with Crippen molar-refractivity contribution in [3.63, 3.8) is 0 Å². The molecule has 0 aromatic heterocycles. The van der Waals surface area contributed by atoms with Crippen molar-refractivity contribution in [3.05, 3.63) is 0 Å². The van der Waals surface area contributed by atoms with Gasteiger partial charge in [-0.2, -0.15) is 0 Å². The molecule has 106 valence electrons. The monoisotopic (exact) mass is 269 g/mol. The third-order valence-electron chi connectivity index (χ3n) is 3.88. The van der Waals surface area contributed by atoms with Gasteiger partial charge >= 0.3 is 12.0 Å². The molecule has 0 aliphatic carbocycles. The van der Waals surface area contributed by atoms with Gasteiger partial charge in [0.15, 0.2) is 0 Å². The zero-order valence-electron chi connectivity index (χ0n) is 11.0. The van der Waals surface area contributed by atoms with Gasteiger partial charge < -0.3 is 20.2 Å². The second-order valence-electron chi connectivity index (χ2n) is 5.10. The van der Waals surface area contributed by atoms with Crippen LogP contribution in [0.3, 0.4) is 0 Å². The fourth-order valence-electron chi connectivity index (χ4n) is 2.53. The van der Waals surface area contributed by atoms with Crippen LogP contribution < -0.4 is 5.32 Å². The molecule has 7 heteroatoms. The molecule has 0 aromatic rings. The second-order valence-corrected chi connectivity index (χ2v) is 5.10. The fourth-order valence-corrected chi connectivity index (χ4v) is 2.53. The van der Waals surface area contributed by atoms with Gasteiger partial charge in [-0.25, -0.2) is 4.79 Å². The number of hydrogen-bond donors (Lipinski definition) is 2. The minimum atomic E-state index is -0.845. The number of hydrogen-bond acceptors (Lipinski definition) is 3. The molecule has 0 bridgehead atoms. The minimum Gasteiger partial charge on any atom is -0.481 e. The number of nitrogens with zero attached hydrogens (tertiary/aromatic N) is 2. The van der Waals surface area contributed by atoms with E-state index < -0.39 is 11.9 Å². The van der Waals surface area contributed by atoms with Crippen LogP contribution in [-0.2, 0) is 9.59 Å². The van der Waals surface area contributed by atoms with Crippen LogP contribution in [0.25, 0.3) is 0 Å². The van der Waals surface area contributed by atoms with Crippen LogP contribution in [0.4, 0.5) is 4.79 Å². The highest BCUT2D eigenvalue weighted by molar-refractivity contribution is 5.81. The van der Waals surface area contributed by atoms with Crippen LogP contribution in [0.15, 0.2) is 0 Å². The molecule has 0 unspecified atom stereocenters. The van der Waals surface area contributed by atoms with E-state index in [0.29, 0.717) is 39.0 Å². The molecule has 0 saturated carbocycles. The number of carbonyl (C=O) groups is 3. The Balaban J connectivity index is 1.78. The Hall–Kier alpha value is -1.79. The third-order valence-corrected chi connectivity index (χ3v) is 3.88. The molecule has 0 spiro atoms. The topological polar surface area (TPSA) is 90.0 Å². The molecule has 2 N–H and O–H groups in total. The Labute approximate surface area is 111 Å². The van der Waals surface area contributed by atoms with Gasteiger partial charge in [0.2, 0.25) is 5.91 Å². The summed E-state index contributed by atoms with van der Waals surface area (Å²) in [4.78, 5) is 37.5. The highest BCUT2D eigenvalue weighted by Crippen LogP contribution is 2.22. The molecular weight excluding hydrogens is 250 g/mol. The number of piperidine rings is 1. The van der Waals surface area contributed by atoms with Gasteiger partial charge in [-0.1, -0.05) is 0 Å². The molecule has 2 heterocycles. The van der Waals surface area contributed by atoms with E-state index >= 15 is 0 Å². The van der Waals surface area contributed by atoms with Crippen molar-refractivity contribution >= 4 is 17.9 Å². The Morgan fingerprint density at radius 1 is 1.05 bits per heavy atom. The Morgan fingerprint density at radius 2 is 1.63 bits per heavy atom. The first kappa shape index (κ1) is 13.6. The molecular formula is C12H19N3O4. The minimum absolute atomic E-state index is 0.0165. The summed E-state index contributed by atoms with van der Waals surface area (Å²) in [6.45, 7) is 1.71. The van der Waals surface area contributed by atoms with E-state index in [4.69, 9.17) is 5.11 Å². The Kier molecular flexibility index (Phi) is 3.92. The maximum Gasteiger partial charge on any atom is 0.320 e. The number of amides is 3. The molecule has 2 aliphatic rings. The van der Waals surface area contributed by atoms with Gasteiger partial charge in [0, 0.05) is 39.1 Å². The van der Waals surface area contributed by atoms with Crippen molar-refractivity contribution in [3.8, 4) is 0 Å². The van der Waals surface area contributed by atoms with Crippen LogP contribution in [0, 0.1) is 11.8 Å². The third kappa shape index (κ3) is 2.80. The lowest BCUT2D eigenvalue weighted by Gasteiger charge is -2.41. The lowest BCUT2D eigenvalue weighted by Crippen LogP contribution is -2.58. The van der Waals surface area contributed by atoms with Crippen molar-refractivity contribution in [1.29, 1.82) is 0 Å². The lowest BCUT2D eigenvalue weighted by atomic mass is 9.95. The van der Waals surface area contributed by atoms with E-state index in [-0.39, 0.29) is 17.9 Å².